The average Bonchev–Trinajstić information content (AvgIpc) is 2.64. The van der Waals surface area contributed by atoms with E-state index in [2.05, 4.69) is 5.32 Å². The van der Waals surface area contributed by atoms with Crippen LogP contribution in [0.5, 0.6) is 0 Å². The van der Waals surface area contributed by atoms with Gasteiger partial charge in [0.05, 0.1) is 19.1 Å². The molecule has 132 valence electrons. The fourth-order valence-electron chi connectivity index (χ4n) is 2.72. The fraction of sp³-hybridized carbons (Fsp3) is 0.300. The first-order valence-corrected chi connectivity index (χ1v) is 8.40. The molecule has 0 aliphatic heterocycles. The number of nitrogens with zero attached hydrogens (tertiary/aromatic N) is 1. The molecule has 0 aliphatic rings. The molecule has 3 N–H and O–H groups in total. The molecule has 0 unspecified atom stereocenters. The standard InChI is InChI=1S/C20H25N3O2/c1-15(17-9-5-3-6-10-17)22-13-20(25)23(14-19(21)24)16(2)18-11-7-4-8-12-18/h3-12,15-16,22H,13-14H2,1-2H3,(H2,21,24)/t15-,16-/m0/s1. The van der Waals surface area contributed by atoms with Crippen LogP contribution in [0.1, 0.15) is 37.1 Å². The summed E-state index contributed by atoms with van der Waals surface area (Å²) >= 11 is 0. The summed E-state index contributed by atoms with van der Waals surface area (Å²) in [5.74, 6) is -0.676. The predicted molar refractivity (Wildman–Crippen MR) is 98.6 cm³/mol. The van der Waals surface area contributed by atoms with Crippen LogP contribution in [-0.2, 0) is 9.59 Å². The first-order valence-electron chi connectivity index (χ1n) is 8.40. The number of nitrogens with two attached hydrogens (primary N) is 1. The molecule has 5 heteroatoms. The van der Waals surface area contributed by atoms with Crippen molar-refractivity contribution in [2.75, 3.05) is 13.1 Å². The first kappa shape index (κ1) is 18.7. The highest BCUT2D eigenvalue weighted by molar-refractivity contribution is 5.85. The van der Waals surface area contributed by atoms with Gasteiger partial charge in [-0.1, -0.05) is 60.7 Å². The molecule has 25 heavy (non-hydrogen) atoms. The Morgan fingerprint density at radius 1 is 0.960 bits per heavy atom. The summed E-state index contributed by atoms with van der Waals surface area (Å²) in [6, 6.07) is 19.3. The van der Waals surface area contributed by atoms with Crippen molar-refractivity contribution >= 4 is 11.8 Å². The first-order chi connectivity index (χ1) is 12.0. The van der Waals surface area contributed by atoms with Crippen molar-refractivity contribution in [1.82, 2.24) is 10.2 Å². The number of benzene rings is 2. The number of hydrogen-bond donors (Lipinski definition) is 2. The van der Waals surface area contributed by atoms with Crippen molar-refractivity contribution in [3.05, 3.63) is 71.8 Å². The van der Waals surface area contributed by atoms with Crippen LogP contribution in [0, 0.1) is 0 Å². The van der Waals surface area contributed by atoms with Gasteiger partial charge in [-0.3, -0.25) is 9.59 Å². The van der Waals surface area contributed by atoms with Crippen LogP contribution in [0.25, 0.3) is 0 Å². The average molecular weight is 339 g/mol. The van der Waals surface area contributed by atoms with Crippen LogP contribution in [0.15, 0.2) is 60.7 Å². The molecular weight excluding hydrogens is 314 g/mol. The second-order valence-corrected chi connectivity index (χ2v) is 6.09. The van der Waals surface area contributed by atoms with E-state index >= 15 is 0 Å². The molecule has 2 aromatic rings. The van der Waals surface area contributed by atoms with Gasteiger partial charge in [0.2, 0.25) is 11.8 Å². The van der Waals surface area contributed by atoms with Crippen LogP contribution >= 0.6 is 0 Å². The van der Waals surface area contributed by atoms with Crippen LogP contribution in [0.3, 0.4) is 0 Å². The van der Waals surface area contributed by atoms with Crippen LogP contribution < -0.4 is 11.1 Å². The Bertz CT molecular complexity index is 689. The molecule has 0 aliphatic carbocycles. The SMILES string of the molecule is C[C@H](NCC(=O)N(CC(N)=O)[C@@H](C)c1ccccc1)c1ccccc1. The molecule has 0 fully saturated rings. The smallest absolute Gasteiger partial charge is 0.237 e. The van der Waals surface area contributed by atoms with Gasteiger partial charge in [-0.05, 0) is 25.0 Å². The van der Waals surface area contributed by atoms with E-state index in [0.29, 0.717) is 0 Å². The lowest BCUT2D eigenvalue weighted by Gasteiger charge is -2.29. The van der Waals surface area contributed by atoms with E-state index in [4.69, 9.17) is 5.73 Å². The van der Waals surface area contributed by atoms with Crippen molar-refractivity contribution in [2.45, 2.75) is 25.9 Å². The van der Waals surface area contributed by atoms with Gasteiger partial charge in [-0.2, -0.15) is 0 Å². The molecule has 2 rings (SSSR count). The summed E-state index contributed by atoms with van der Waals surface area (Å²) in [6.45, 7) is 3.94. The van der Waals surface area contributed by atoms with Gasteiger partial charge < -0.3 is 16.0 Å². The molecule has 0 saturated heterocycles. The van der Waals surface area contributed by atoms with Crippen molar-refractivity contribution in [3.8, 4) is 0 Å². The number of primary amides is 1. The molecule has 5 nitrogen and oxygen atoms in total. The second-order valence-electron chi connectivity index (χ2n) is 6.09. The highest BCUT2D eigenvalue weighted by Gasteiger charge is 2.23. The highest BCUT2D eigenvalue weighted by Crippen LogP contribution is 2.20. The molecule has 0 spiro atoms. The number of hydrogen-bond acceptors (Lipinski definition) is 3. The van der Waals surface area contributed by atoms with Crippen molar-refractivity contribution < 1.29 is 9.59 Å². The summed E-state index contributed by atoms with van der Waals surface area (Å²) in [5, 5.41) is 3.22. The minimum absolute atomic E-state index is 0.0348. The molecule has 2 aromatic carbocycles. The minimum atomic E-state index is -0.521. The molecule has 0 radical (unpaired) electrons. The van der Waals surface area contributed by atoms with E-state index in [1.54, 1.807) is 0 Å². The summed E-state index contributed by atoms with van der Waals surface area (Å²) in [4.78, 5) is 25.6. The van der Waals surface area contributed by atoms with E-state index in [1.165, 1.54) is 4.90 Å². The quantitative estimate of drug-likeness (QED) is 0.775. The largest absolute Gasteiger partial charge is 0.368 e. The summed E-state index contributed by atoms with van der Waals surface area (Å²) in [7, 11) is 0. The van der Waals surface area contributed by atoms with Gasteiger partial charge in [0, 0.05) is 6.04 Å². The fourth-order valence-corrected chi connectivity index (χ4v) is 2.72. The lowest BCUT2D eigenvalue weighted by Crippen LogP contribution is -2.44. The van der Waals surface area contributed by atoms with Crippen LogP contribution in [0.2, 0.25) is 0 Å². The monoisotopic (exact) mass is 339 g/mol. The summed E-state index contributed by atoms with van der Waals surface area (Å²) in [6.07, 6.45) is 0. The summed E-state index contributed by atoms with van der Waals surface area (Å²) < 4.78 is 0. The Morgan fingerprint density at radius 2 is 1.48 bits per heavy atom. The molecule has 0 heterocycles. The number of carbonyl (C=O) groups excluding carboxylic acids is 2. The Balaban J connectivity index is 2.04. The Hall–Kier alpha value is -2.66. The van der Waals surface area contributed by atoms with Gasteiger partial charge in [-0.25, -0.2) is 0 Å². The molecule has 2 atom stereocenters. The summed E-state index contributed by atoms with van der Waals surface area (Å²) in [5.41, 5.74) is 7.41. The second kappa shape index (κ2) is 8.99. The van der Waals surface area contributed by atoms with Gasteiger partial charge in [0.25, 0.3) is 0 Å². The topological polar surface area (TPSA) is 75.4 Å². The number of carbonyl (C=O) groups is 2. The third-order valence-corrected chi connectivity index (χ3v) is 4.26. The lowest BCUT2D eigenvalue weighted by molar-refractivity contribution is -0.136. The zero-order valence-electron chi connectivity index (χ0n) is 14.7. The third-order valence-electron chi connectivity index (χ3n) is 4.26. The molecule has 0 aromatic heterocycles. The normalized spacial score (nSPS) is 13.0. The van der Waals surface area contributed by atoms with Gasteiger partial charge in [-0.15, -0.1) is 0 Å². The maximum Gasteiger partial charge on any atom is 0.237 e. The number of rotatable bonds is 8. The highest BCUT2D eigenvalue weighted by atomic mass is 16.2. The van der Waals surface area contributed by atoms with Crippen molar-refractivity contribution in [2.24, 2.45) is 5.73 Å². The Kier molecular flexibility index (Phi) is 6.71. The van der Waals surface area contributed by atoms with E-state index in [0.717, 1.165) is 11.1 Å². The Labute approximate surface area is 148 Å². The van der Waals surface area contributed by atoms with E-state index < -0.39 is 5.91 Å². The van der Waals surface area contributed by atoms with Gasteiger partial charge >= 0.3 is 0 Å². The lowest BCUT2D eigenvalue weighted by atomic mass is 10.1. The zero-order chi connectivity index (χ0) is 18.2. The maximum atomic E-state index is 12.7. The number of nitrogens with one attached hydrogen (secondary N) is 1. The third kappa shape index (κ3) is 5.43. The maximum absolute atomic E-state index is 12.7. The van der Waals surface area contributed by atoms with E-state index in [9.17, 15) is 9.59 Å². The Morgan fingerprint density at radius 3 is 2.00 bits per heavy atom. The van der Waals surface area contributed by atoms with E-state index in [-0.39, 0.29) is 31.1 Å². The van der Waals surface area contributed by atoms with Gasteiger partial charge in [0.1, 0.15) is 0 Å². The molecule has 0 saturated carbocycles. The van der Waals surface area contributed by atoms with Crippen molar-refractivity contribution in [1.29, 1.82) is 0 Å². The number of amides is 2. The molecule has 0 bridgehead atoms. The van der Waals surface area contributed by atoms with E-state index in [1.807, 2.05) is 74.5 Å². The van der Waals surface area contributed by atoms with Crippen LogP contribution in [-0.4, -0.2) is 29.8 Å². The van der Waals surface area contributed by atoms with Crippen molar-refractivity contribution in [3.63, 3.8) is 0 Å². The predicted octanol–water partition coefficient (Wildman–Crippen LogP) is 2.41. The van der Waals surface area contributed by atoms with Gasteiger partial charge in [0.15, 0.2) is 0 Å². The zero-order valence-corrected chi connectivity index (χ0v) is 14.7. The minimum Gasteiger partial charge on any atom is -0.368 e. The molecule has 2 amide bonds. The van der Waals surface area contributed by atoms with Crippen LogP contribution in [0.4, 0.5) is 0 Å². The molecular formula is C20H25N3O2.